The van der Waals surface area contributed by atoms with Gasteiger partial charge in [0.05, 0.1) is 5.56 Å². The van der Waals surface area contributed by atoms with E-state index in [9.17, 15) is 14.0 Å². The van der Waals surface area contributed by atoms with Gasteiger partial charge in [0.15, 0.2) is 0 Å². The molecular formula is C19H22FN3O2. The molecule has 5 nitrogen and oxygen atoms in total. The Morgan fingerprint density at radius 3 is 2.44 bits per heavy atom. The summed E-state index contributed by atoms with van der Waals surface area (Å²) in [6.07, 6.45) is 7.49. The molecule has 3 N–H and O–H groups in total. The van der Waals surface area contributed by atoms with E-state index in [1.807, 2.05) is 0 Å². The maximum absolute atomic E-state index is 13.0. The van der Waals surface area contributed by atoms with Crippen molar-refractivity contribution < 1.29 is 14.0 Å². The van der Waals surface area contributed by atoms with Crippen molar-refractivity contribution in [3.63, 3.8) is 0 Å². The highest BCUT2D eigenvalue weighted by atomic mass is 19.1. The van der Waals surface area contributed by atoms with Crippen molar-refractivity contribution in [1.29, 1.82) is 0 Å². The van der Waals surface area contributed by atoms with Gasteiger partial charge in [-0.05, 0) is 30.5 Å². The zero-order valence-electron chi connectivity index (χ0n) is 14.0. The van der Waals surface area contributed by atoms with Crippen LogP contribution in [0.2, 0.25) is 0 Å². The summed E-state index contributed by atoms with van der Waals surface area (Å²) in [5.41, 5.74) is 1.98. The van der Waals surface area contributed by atoms with E-state index >= 15 is 0 Å². The van der Waals surface area contributed by atoms with Crippen LogP contribution in [-0.2, 0) is 4.79 Å². The Balaban J connectivity index is 1.51. The topological polar surface area (TPSA) is 74.0 Å². The Labute approximate surface area is 146 Å². The van der Waals surface area contributed by atoms with E-state index in [2.05, 4.69) is 15.6 Å². The minimum absolute atomic E-state index is 0.0837. The molecule has 1 aliphatic rings. The molecule has 1 aromatic carbocycles. The second-order valence-electron chi connectivity index (χ2n) is 6.32. The number of amides is 2. The molecule has 3 rings (SSSR count). The summed E-state index contributed by atoms with van der Waals surface area (Å²) in [5.74, 6) is -0.329. The van der Waals surface area contributed by atoms with Gasteiger partial charge >= 0.3 is 0 Å². The molecule has 2 aromatic rings. The van der Waals surface area contributed by atoms with Gasteiger partial charge in [0.1, 0.15) is 5.82 Å². The van der Waals surface area contributed by atoms with E-state index in [0.717, 1.165) is 31.2 Å². The fourth-order valence-electron chi connectivity index (χ4n) is 3.21. The third kappa shape index (κ3) is 4.26. The van der Waals surface area contributed by atoms with Crippen molar-refractivity contribution >= 4 is 11.8 Å². The van der Waals surface area contributed by atoms with Crippen LogP contribution in [-0.4, -0.2) is 29.9 Å². The van der Waals surface area contributed by atoms with Gasteiger partial charge in [0.25, 0.3) is 5.91 Å². The van der Waals surface area contributed by atoms with Gasteiger partial charge in [-0.15, -0.1) is 0 Å². The highest BCUT2D eigenvalue weighted by molar-refractivity contribution is 6.00. The van der Waals surface area contributed by atoms with Crippen molar-refractivity contribution in [2.24, 2.45) is 5.92 Å². The highest BCUT2D eigenvalue weighted by Crippen LogP contribution is 2.25. The second kappa shape index (κ2) is 7.96. The number of aromatic amines is 1. The predicted molar refractivity (Wildman–Crippen MR) is 93.5 cm³/mol. The minimum atomic E-state index is -0.316. The third-order valence-corrected chi connectivity index (χ3v) is 4.58. The molecular weight excluding hydrogens is 321 g/mol. The molecule has 0 bridgehead atoms. The summed E-state index contributed by atoms with van der Waals surface area (Å²) in [4.78, 5) is 27.2. The molecule has 6 heteroatoms. The number of carbonyl (C=O) groups excluding carboxylic acids is 2. The van der Waals surface area contributed by atoms with Crippen molar-refractivity contribution in [2.45, 2.75) is 25.7 Å². The second-order valence-corrected chi connectivity index (χ2v) is 6.32. The monoisotopic (exact) mass is 343 g/mol. The predicted octanol–water partition coefficient (Wildman–Crippen LogP) is 2.86. The van der Waals surface area contributed by atoms with Crippen molar-refractivity contribution in [3.05, 3.63) is 48.0 Å². The van der Waals surface area contributed by atoms with Gasteiger partial charge in [-0.25, -0.2) is 4.39 Å². The SMILES string of the molecule is O=C(NCCNC(=O)C1CCCC1)c1c[nH]cc1-c1ccc(F)cc1. The van der Waals surface area contributed by atoms with Crippen LogP contribution < -0.4 is 10.6 Å². The third-order valence-electron chi connectivity index (χ3n) is 4.58. The van der Waals surface area contributed by atoms with Crippen molar-refractivity contribution in [2.75, 3.05) is 13.1 Å². The number of rotatable bonds is 6. The van der Waals surface area contributed by atoms with Crippen molar-refractivity contribution in [3.8, 4) is 11.1 Å². The highest BCUT2D eigenvalue weighted by Gasteiger charge is 2.22. The summed E-state index contributed by atoms with van der Waals surface area (Å²) >= 11 is 0. The Bertz CT molecular complexity index is 733. The quantitative estimate of drug-likeness (QED) is 0.706. The normalized spacial score (nSPS) is 14.4. The lowest BCUT2D eigenvalue weighted by Gasteiger charge is -2.11. The van der Waals surface area contributed by atoms with Crippen LogP contribution in [0.25, 0.3) is 11.1 Å². The number of hydrogen-bond donors (Lipinski definition) is 3. The van der Waals surface area contributed by atoms with E-state index in [0.29, 0.717) is 24.2 Å². The fraction of sp³-hybridized carbons (Fsp3) is 0.368. The molecule has 0 atom stereocenters. The first-order chi connectivity index (χ1) is 12.1. The molecule has 0 unspecified atom stereocenters. The van der Waals surface area contributed by atoms with Gasteiger partial charge in [0, 0.05) is 37.0 Å². The molecule has 1 aromatic heterocycles. The Hall–Kier alpha value is -2.63. The lowest BCUT2D eigenvalue weighted by molar-refractivity contribution is -0.124. The van der Waals surface area contributed by atoms with Gasteiger partial charge < -0.3 is 15.6 Å². The molecule has 132 valence electrons. The minimum Gasteiger partial charge on any atom is -0.366 e. The Morgan fingerprint density at radius 1 is 1.04 bits per heavy atom. The van der Waals surface area contributed by atoms with E-state index < -0.39 is 0 Å². The zero-order chi connectivity index (χ0) is 17.6. The van der Waals surface area contributed by atoms with E-state index in [-0.39, 0.29) is 23.5 Å². The van der Waals surface area contributed by atoms with E-state index in [1.54, 1.807) is 24.5 Å². The number of carbonyl (C=O) groups is 2. The fourth-order valence-corrected chi connectivity index (χ4v) is 3.21. The summed E-state index contributed by atoms with van der Waals surface area (Å²) in [7, 11) is 0. The molecule has 25 heavy (non-hydrogen) atoms. The van der Waals surface area contributed by atoms with Gasteiger partial charge in [-0.1, -0.05) is 25.0 Å². The average molecular weight is 343 g/mol. The number of benzene rings is 1. The molecule has 0 saturated heterocycles. The molecule has 1 saturated carbocycles. The number of H-pyrrole nitrogens is 1. The standard InChI is InChI=1S/C19H22FN3O2/c20-15-7-5-13(6-8-15)16-11-21-12-17(16)19(25)23-10-9-22-18(24)14-3-1-2-4-14/h5-8,11-12,14,21H,1-4,9-10H2,(H,22,24)(H,23,25). The van der Waals surface area contributed by atoms with E-state index in [4.69, 9.17) is 0 Å². The number of halogens is 1. The van der Waals surface area contributed by atoms with Crippen molar-refractivity contribution in [1.82, 2.24) is 15.6 Å². The molecule has 0 spiro atoms. The summed E-state index contributed by atoms with van der Waals surface area (Å²) < 4.78 is 13.0. The van der Waals surface area contributed by atoms with Crippen LogP contribution in [0.3, 0.4) is 0 Å². The van der Waals surface area contributed by atoms with Gasteiger partial charge in [-0.3, -0.25) is 9.59 Å². The smallest absolute Gasteiger partial charge is 0.253 e. The van der Waals surface area contributed by atoms with Gasteiger partial charge in [0.2, 0.25) is 5.91 Å². The first-order valence-electron chi connectivity index (χ1n) is 8.64. The first-order valence-corrected chi connectivity index (χ1v) is 8.64. The molecule has 2 amide bonds. The maximum Gasteiger partial charge on any atom is 0.253 e. The van der Waals surface area contributed by atoms with Crippen LogP contribution in [0.4, 0.5) is 4.39 Å². The lowest BCUT2D eigenvalue weighted by Crippen LogP contribution is -2.37. The number of nitrogens with one attached hydrogen (secondary N) is 3. The van der Waals surface area contributed by atoms with Crippen LogP contribution >= 0.6 is 0 Å². The molecule has 1 fully saturated rings. The molecule has 1 aliphatic carbocycles. The summed E-state index contributed by atoms with van der Waals surface area (Å²) in [6.45, 7) is 0.780. The van der Waals surface area contributed by atoms with Crippen LogP contribution in [0.15, 0.2) is 36.7 Å². The number of hydrogen-bond acceptors (Lipinski definition) is 2. The molecule has 0 aliphatic heterocycles. The summed E-state index contributed by atoms with van der Waals surface area (Å²) in [5, 5.41) is 5.68. The lowest BCUT2D eigenvalue weighted by atomic mass is 10.0. The molecule has 1 heterocycles. The maximum atomic E-state index is 13.0. The van der Waals surface area contributed by atoms with Gasteiger partial charge in [-0.2, -0.15) is 0 Å². The Morgan fingerprint density at radius 2 is 1.72 bits per heavy atom. The average Bonchev–Trinajstić information content (AvgIpc) is 3.30. The van der Waals surface area contributed by atoms with Crippen LogP contribution in [0, 0.1) is 11.7 Å². The Kier molecular flexibility index (Phi) is 5.48. The first kappa shape index (κ1) is 17.2. The largest absolute Gasteiger partial charge is 0.366 e. The van der Waals surface area contributed by atoms with E-state index in [1.165, 1.54) is 12.1 Å². The molecule has 0 radical (unpaired) electrons. The zero-order valence-corrected chi connectivity index (χ0v) is 14.0. The number of aromatic nitrogens is 1. The van der Waals surface area contributed by atoms with Crippen LogP contribution in [0.1, 0.15) is 36.0 Å². The summed E-state index contributed by atoms with van der Waals surface area (Å²) in [6, 6.07) is 6.00. The van der Waals surface area contributed by atoms with Crippen LogP contribution in [0.5, 0.6) is 0 Å².